The van der Waals surface area contributed by atoms with Gasteiger partial charge in [0.2, 0.25) is 0 Å². The Labute approximate surface area is 199 Å². The van der Waals surface area contributed by atoms with E-state index in [1.165, 1.54) is 27.6 Å². The maximum atomic E-state index is 2.55. The Morgan fingerprint density at radius 2 is 0.667 bits per heavy atom. The van der Waals surface area contributed by atoms with Gasteiger partial charge >= 0.3 is 0 Å². The SMILES string of the molecule is C1=C[C@H]2CC1C(P(c1ccccc1)c1ccccc1)C2P(c1ccccc1)c1ccccc1. The van der Waals surface area contributed by atoms with Crippen LogP contribution in [0.5, 0.6) is 0 Å². The minimum Gasteiger partial charge on any atom is -0.0844 e. The highest BCUT2D eigenvalue weighted by Crippen LogP contribution is 2.64. The monoisotopic (exact) mass is 462 g/mol. The maximum absolute atomic E-state index is 2.55. The van der Waals surface area contributed by atoms with E-state index >= 15 is 0 Å². The summed E-state index contributed by atoms with van der Waals surface area (Å²) in [6.07, 6.45) is 6.42. The molecule has 162 valence electrons. The molecule has 33 heavy (non-hydrogen) atoms. The molecule has 0 radical (unpaired) electrons. The molecule has 1 fully saturated rings. The molecule has 6 rings (SSSR count). The summed E-state index contributed by atoms with van der Waals surface area (Å²) in [5.41, 5.74) is 1.32. The summed E-state index contributed by atoms with van der Waals surface area (Å²) in [6.45, 7) is 0. The Hall–Kier alpha value is -2.52. The van der Waals surface area contributed by atoms with Crippen LogP contribution >= 0.6 is 15.8 Å². The summed E-state index contributed by atoms with van der Waals surface area (Å²) >= 11 is 0. The van der Waals surface area contributed by atoms with Crippen LogP contribution in [0.25, 0.3) is 0 Å². The minimum atomic E-state index is -0.454. The highest BCUT2D eigenvalue weighted by atomic mass is 31.1. The summed E-state index contributed by atoms with van der Waals surface area (Å²) < 4.78 is 0. The minimum absolute atomic E-state index is 0.454. The second-order valence-corrected chi connectivity index (χ2v) is 13.7. The van der Waals surface area contributed by atoms with Gasteiger partial charge in [-0.3, -0.25) is 0 Å². The molecule has 4 aromatic rings. The smallest absolute Gasteiger partial charge is 0.00137 e. The number of benzene rings is 4. The number of allylic oxidation sites excluding steroid dienone is 2. The van der Waals surface area contributed by atoms with Crippen LogP contribution in [0.2, 0.25) is 0 Å². The molecule has 2 aliphatic rings. The fourth-order valence-electron chi connectivity index (χ4n) is 5.80. The first-order valence-corrected chi connectivity index (χ1v) is 14.7. The van der Waals surface area contributed by atoms with Crippen molar-refractivity contribution in [2.75, 3.05) is 0 Å². The second kappa shape index (κ2) is 9.38. The summed E-state index contributed by atoms with van der Waals surface area (Å²) in [5, 5.41) is 6.08. The van der Waals surface area contributed by atoms with Gasteiger partial charge in [0.15, 0.2) is 0 Å². The highest BCUT2D eigenvalue weighted by molar-refractivity contribution is 7.77. The molecule has 2 heteroatoms. The van der Waals surface area contributed by atoms with Crippen LogP contribution in [0, 0.1) is 11.8 Å². The number of hydrogen-bond donors (Lipinski definition) is 0. The zero-order valence-electron chi connectivity index (χ0n) is 18.6. The molecule has 2 bridgehead atoms. The Kier molecular flexibility index (Phi) is 5.98. The Bertz CT molecular complexity index is 1030. The maximum Gasteiger partial charge on any atom is 0.00137 e. The molecule has 0 aromatic heterocycles. The molecule has 0 heterocycles. The Morgan fingerprint density at radius 1 is 0.394 bits per heavy atom. The summed E-state index contributed by atoms with van der Waals surface area (Å²) in [5.74, 6) is 1.34. The standard InChI is InChI=1S/C31H28P2/c1-5-13-26(14-6-1)32(27-15-7-2-8-16-27)30-24-21-22-25(23-24)31(30)33(28-17-9-3-10-18-28)29-19-11-4-12-20-29/h1-22,24-25,30-31H,23H2/t24-,25?,30?,31?/m0/s1. The number of fused-ring (bicyclic) bond motifs is 2. The molecular formula is C31H28P2. The molecule has 0 nitrogen and oxygen atoms in total. The summed E-state index contributed by atoms with van der Waals surface area (Å²) in [6, 6.07) is 45.4. The van der Waals surface area contributed by atoms with Crippen LogP contribution in [0.3, 0.4) is 0 Å². The summed E-state index contributed by atoms with van der Waals surface area (Å²) in [7, 11) is -0.909. The van der Waals surface area contributed by atoms with Crippen molar-refractivity contribution >= 4 is 37.1 Å². The van der Waals surface area contributed by atoms with E-state index < -0.39 is 15.8 Å². The molecule has 4 atom stereocenters. The van der Waals surface area contributed by atoms with E-state index in [1.807, 2.05) is 0 Å². The van der Waals surface area contributed by atoms with Gasteiger partial charge in [-0.25, -0.2) is 0 Å². The third kappa shape index (κ3) is 4.01. The Balaban J connectivity index is 1.52. The van der Waals surface area contributed by atoms with E-state index in [-0.39, 0.29) is 0 Å². The lowest BCUT2D eigenvalue weighted by Gasteiger charge is -2.40. The van der Waals surface area contributed by atoms with Crippen molar-refractivity contribution in [3.8, 4) is 0 Å². The molecule has 0 aliphatic heterocycles. The number of rotatable bonds is 6. The lowest BCUT2D eigenvalue weighted by atomic mass is 10.1. The van der Waals surface area contributed by atoms with Gasteiger partial charge in [0.25, 0.3) is 0 Å². The van der Waals surface area contributed by atoms with Crippen molar-refractivity contribution in [2.45, 2.75) is 17.7 Å². The zero-order valence-corrected chi connectivity index (χ0v) is 20.4. The van der Waals surface area contributed by atoms with E-state index in [2.05, 4.69) is 133 Å². The first-order valence-electron chi connectivity index (χ1n) is 11.9. The van der Waals surface area contributed by atoms with Crippen LogP contribution in [-0.2, 0) is 0 Å². The first-order chi connectivity index (χ1) is 16.4. The lowest BCUT2D eigenvalue weighted by molar-refractivity contribution is 0.695. The lowest BCUT2D eigenvalue weighted by Crippen LogP contribution is -2.37. The highest BCUT2D eigenvalue weighted by Gasteiger charge is 2.51. The topological polar surface area (TPSA) is 0 Å². The van der Waals surface area contributed by atoms with Gasteiger partial charge in [0, 0.05) is 11.3 Å². The fraction of sp³-hybridized carbons (Fsp3) is 0.161. The van der Waals surface area contributed by atoms with Gasteiger partial charge in [-0.1, -0.05) is 133 Å². The van der Waals surface area contributed by atoms with Gasteiger partial charge in [-0.2, -0.15) is 0 Å². The van der Waals surface area contributed by atoms with Gasteiger partial charge in [0.1, 0.15) is 0 Å². The van der Waals surface area contributed by atoms with Crippen LogP contribution in [-0.4, -0.2) is 11.3 Å². The average molecular weight is 463 g/mol. The molecule has 4 aromatic carbocycles. The van der Waals surface area contributed by atoms with E-state index in [0.29, 0.717) is 23.2 Å². The largest absolute Gasteiger partial charge is 0.0844 e. The predicted octanol–water partition coefficient (Wildman–Crippen LogP) is 6.20. The average Bonchev–Trinajstić information content (AvgIpc) is 3.50. The van der Waals surface area contributed by atoms with E-state index in [0.717, 1.165) is 0 Å². The van der Waals surface area contributed by atoms with E-state index in [4.69, 9.17) is 0 Å². The summed E-state index contributed by atoms with van der Waals surface area (Å²) in [4.78, 5) is 0. The molecule has 0 saturated heterocycles. The molecule has 0 N–H and O–H groups in total. The fourth-order valence-corrected chi connectivity index (χ4v) is 12.8. The van der Waals surface area contributed by atoms with Gasteiger partial charge in [0.05, 0.1) is 0 Å². The van der Waals surface area contributed by atoms with Gasteiger partial charge in [-0.05, 0) is 55.3 Å². The third-order valence-electron chi connectivity index (χ3n) is 7.11. The van der Waals surface area contributed by atoms with Gasteiger partial charge in [-0.15, -0.1) is 0 Å². The second-order valence-electron chi connectivity index (χ2n) is 9.01. The zero-order chi connectivity index (χ0) is 22.0. The Morgan fingerprint density at radius 3 is 0.939 bits per heavy atom. The number of hydrogen-bond acceptors (Lipinski definition) is 0. The van der Waals surface area contributed by atoms with Crippen LogP contribution in [0.4, 0.5) is 0 Å². The van der Waals surface area contributed by atoms with E-state index in [9.17, 15) is 0 Å². The van der Waals surface area contributed by atoms with Crippen LogP contribution < -0.4 is 21.2 Å². The molecular weight excluding hydrogens is 434 g/mol. The van der Waals surface area contributed by atoms with Crippen molar-refractivity contribution < 1.29 is 0 Å². The quantitative estimate of drug-likeness (QED) is 0.237. The van der Waals surface area contributed by atoms with Crippen molar-refractivity contribution in [3.05, 3.63) is 133 Å². The van der Waals surface area contributed by atoms with Crippen molar-refractivity contribution in [3.63, 3.8) is 0 Å². The molecule has 0 amide bonds. The first kappa shape index (κ1) is 21.0. The molecule has 0 spiro atoms. The van der Waals surface area contributed by atoms with Crippen LogP contribution in [0.15, 0.2) is 133 Å². The van der Waals surface area contributed by atoms with Crippen molar-refractivity contribution in [2.24, 2.45) is 11.8 Å². The van der Waals surface area contributed by atoms with Crippen molar-refractivity contribution in [1.29, 1.82) is 0 Å². The van der Waals surface area contributed by atoms with E-state index in [1.54, 1.807) is 0 Å². The third-order valence-corrected chi connectivity index (χ3v) is 13.4. The predicted molar refractivity (Wildman–Crippen MR) is 146 cm³/mol. The van der Waals surface area contributed by atoms with Crippen molar-refractivity contribution in [1.82, 2.24) is 0 Å². The molecule has 3 unspecified atom stereocenters. The molecule has 1 saturated carbocycles. The normalized spacial score (nSPS) is 23.5. The van der Waals surface area contributed by atoms with Gasteiger partial charge < -0.3 is 0 Å². The molecule has 2 aliphatic carbocycles. The van der Waals surface area contributed by atoms with Crippen LogP contribution in [0.1, 0.15) is 6.42 Å².